The molecule has 0 radical (unpaired) electrons. The van der Waals surface area contributed by atoms with Gasteiger partial charge in [-0.3, -0.25) is 4.79 Å². The molecule has 0 aromatic carbocycles. The lowest BCUT2D eigenvalue weighted by Crippen LogP contribution is -2.03. The predicted molar refractivity (Wildman–Crippen MR) is 50.1 cm³/mol. The Labute approximate surface area is 76.6 Å². The molecule has 2 rings (SSSR count). The maximum atomic E-state index is 11.4. The van der Waals surface area contributed by atoms with E-state index in [-0.39, 0.29) is 5.43 Å². The molecule has 0 aliphatic heterocycles. The van der Waals surface area contributed by atoms with Crippen LogP contribution in [0.1, 0.15) is 0 Å². The second-order valence-electron chi connectivity index (χ2n) is 2.37. The molecule has 0 spiro atoms. The molecule has 1 N–H and O–H groups in total. The van der Waals surface area contributed by atoms with E-state index in [1.165, 1.54) is 0 Å². The van der Waals surface area contributed by atoms with Crippen molar-refractivity contribution < 1.29 is 0 Å². The number of nitrogens with one attached hydrogen (secondary N) is 1. The smallest absolute Gasteiger partial charge is 0.205 e. The fourth-order valence-corrected chi connectivity index (χ4v) is 1.36. The fraction of sp³-hybridized carbons (Fsp3) is 0. The topological polar surface area (TPSA) is 45.8 Å². The van der Waals surface area contributed by atoms with Crippen LogP contribution in [0, 0.1) is 0 Å². The minimum Gasteiger partial charge on any atom is -0.345 e. The lowest BCUT2D eigenvalue weighted by molar-refractivity contribution is 1.26. The number of pyridine rings is 2. The van der Waals surface area contributed by atoms with Crippen molar-refractivity contribution in [1.82, 2.24) is 9.97 Å². The molecule has 4 heteroatoms. The van der Waals surface area contributed by atoms with Gasteiger partial charge in [0, 0.05) is 12.4 Å². The zero-order valence-corrected chi connectivity index (χ0v) is 7.63. The molecule has 0 bridgehead atoms. The first-order chi connectivity index (χ1) is 5.79. The van der Waals surface area contributed by atoms with Gasteiger partial charge in [-0.15, -0.1) is 0 Å². The third-order valence-electron chi connectivity index (χ3n) is 1.60. The molecular formula is C8H5BrN2O. The Balaban J connectivity index is 3.01. The maximum absolute atomic E-state index is 11.4. The van der Waals surface area contributed by atoms with Gasteiger partial charge in [0.25, 0.3) is 0 Å². The minimum atomic E-state index is -0.0307. The van der Waals surface area contributed by atoms with Crippen LogP contribution in [-0.2, 0) is 0 Å². The Kier molecular flexibility index (Phi) is 1.69. The van der Waals surface area contributed by atoms with E-state index < -0.39 is 0 Å². The highest BCUT2D eigenvalue weighted by molar-refractivity contribution is 9.10. The first-order valence-electron chi connectivity index (χ1n) is 3.41. The molecule has 0 fully saturated rings. The summed E-state index contributed by atoms with van der Waals surface area (Å²) in [6.45, 7) is 0. The molecule has 2 aromatic heterocycles. The van der Waals surface area contributed by atoms with Gasteiger partial charge >= 0.3 is 0 Å². The highest BCUT2D eigenvalue weighted by Gasteiger charge is 2.00. The van der Waals surface area contributed by atoms with E-state index in [4.69, 9.17) is 0 Å². The summed E-state index contributed by atoms with van der Waals surface area (Å²) in [7, 11) is 0. The van der Waals surface area contributed by atoms with Crippen LogP contribution in [0.15, 0.2) is 33.8 Å². The zero-order valence-electron chi connectivity index (χ0n) is 6.04. The molecule has 0 aliphatic rings. The summed E-state index contributed by atoms with van der Waals surface area (Å²) in [4.78, 5) is 18.3. The van der Waals surface area contributed by atoms with E-state index in [9.17, 15) is 4.79 Å². The molecule has 0 aliphatic carbocycles. The maximum Gasteiger partial charge on any atom is 0.205 e. The van der Waals surface area contributed by atoms with E-state index in [0.29, 0.717) is 15.5 Å². The average Bonchev–Trinajstić information content (AvgIpc) is 2.12. The predicted octanol–water partition coefficient (Wildman–Crippen LogP) is 1.69. The summed E-state index contributed by atoms with van der Waals surface area (Å²) in [5.41, 5.74) is 0.586. The molecule has 0 unspecified atom stereocenters. The third kappa shape index (κ3) is 1.04. The minimum absolute atomic E-state index is 0.0307. The molecule has 12 heavy (non-hydrogen) atoms. The van der Waals surface area contributed by atoms with Crippen molar-refractivity contribution in [2.45, 2.75) is 0 Å². The van der Waals surface area contributed by atoms with Crippen LogP contribution in [0.2, 0.25) is 0 Å². The van der Waals surface area contributed by atoms with Gasteiger partial charge in [-0.2, -0.15) is 0 Å². The van der Waals surface area contributed by atoms with Crippen LogP contribution in [0.5, 0.6) is 0 Å². The third-order valence-corrected chi connectivity index (χ3v) is 2.19. The van der Waals surface area contributed by atoms with Crippen molar-refractivity contribution in [3.05, 3.63) is 39.2 Å². The Morgan fingerprint density at radius 3 is 3.17 bits per heavy atom. The molecular weight excluding hydrogens is 220 g/mol. The largest absolute Gasteiger partial charge is 0.345 e. The molecule has 0 amide bonds. The van der Waals surface area contributed by atoms with Gasteiger partial charge in [-0.1, -0.05) is 0 Å². The number of aromatic amines is 1. The van der Waals surface area contributed by atoms with Crippen molar-refractivity contribution in [2.24, 2.45) is 0 Å². The van der Waals surface area contributed by atoms with Crippen molar-refractivity contribution >= 4 is 27.0 Å². The molecule has 3 nitrogen and oxygen atoms in total. The van der Waals surface area contributed by atoms with Gasteiger partial charge < -0.3 is 4.98 Å². The highest BCUT2D eigenvalue weighted by atomic mass is 79.9. The Morgan fingerprint density at radius 1 is 1.50 bits per heavy atom. The van der Waals surface area contributed by atoms with Crippen molar-refractivity contribution in [2.75, 3.05) is 0 Å². The van der Waals surface area contributed by atoms with E-state index in [1.807, 2.05) is 0 Å². The molecule has 2 heterocycles. The summed E-state index contributed by atoms with van der Waals surface area (Å²) < 4.78 is 0.531. The highest BCUT2D eigenvalue weighted by Crippen LogP contribution is 2.07. The number of aromatic nitrogens is 2. The standard InChI is InChI=1S/C8H5BrN2O/c9-6-4-11-8-5(7(6)12)2-1-3-10-8/h1-4H,(H,10,11,12). The fourth-order valence-electron chi connectivity index (χ4n) is 1.03. The van der Waals surface area contributed by atoms with Crippen molar-refractivity contribution in [3.8, 4) is 0 Å². The normalized spacial score (nSPS) is 10.4. The van der Waals surface area contributed by atoms with Gasteiger partial charge in [0.05, 0.1) is 9.86 Å². The van der Waals surface area contributed by atoms with Crippen LogP contribution in [-0.4, -0.2) is 9.97 Å². The van der Waals surface area contributed by atoms with Gasteiger partial charge in [0.2, 0.25) is 5.43 Å². The van der Waals surface area contributed by atoms with Crippen LogP contribution >= 0.6 is 15.9 Å². The Bertz CT molecular complexity index is 478. The summed E-state index contributed by atoms with van der Waals surface area (Å²) in [6.07, 6.45) is 3.24. The lowest BCUT2D eigenvalue weighted by atomic mass is 10.3. The second-order valence-corrected chi connectivity index (χ2v) is 3.22. The monoisotopic (exact) mass is 224 g/mol. The van der Waals surface area contributed by atoms with Crippen LogP contribution < -0.4 is 5.43 Å². The first-order valence-corrected chi connectivity index (χ1v) is 4.20. The quantitative estimate of drug-likeness (QED) is 0.741. The molecule has 0 saturated heterocycles. The lowest BCUT2D eigenvalue weighted by Gasteiger charge is -1.95. The summed E-state index contributed by atoms with van der Waals surface area (Å²) in [6, 6.07) is 3.48. The van der Waals surface area contributed by atoms with Gasteiger partial charge in [-0.05, 0) is 28.1 Å². The van der Waals surface area contributed by atoms with E-state index in [0.717, 1.165) is 0 Å². The first kappa shape index (κ1) is 7.49. The van der Waals surface area contributed by atoms with Crippen molar-refractivity contribution in [1.29, 1.82) is 0 Å². The van der Waals surface area contributed by atoms with Crippen LogP contribution in [0.3, 0.4) is 0 Å². The number of H-pyrrole nitrogens is 1. The van der Waals surface area contributed by atoms with Crippen LogP contribution in [0.25, 0.3) is 11.0 Å². The number of fused-ring (bicyclic) bond motifs is 1. The van der Waals surface area contributed by atoms with Gasteiger partial charge in [-0.25, -0.2) is 4.98 Å². The van der Waals surface area contributed by atoms with Gasteiger partial charge in [0.1, 0.15) is 5.65 Å². The number of halogens is 1. The van der Waals surface area contributed by atoms with E-state index in [1.54, 1.807) is 24.5 Å². The number of rotatable bonds is 0. The number of hydrogen-bond donors (Lipinski definition) is 1. The van der Waals surface area contributed by atoms with E-state index in [2.05, 4.69) is 25.9 Å². The number of hydrogen-bond acceptors (Lipinski definition) is 2. The Hall–Kier alpha value is -1.16. The summed E-state index contributed by atoms with van der Waals surface area (Å²) >= 11 is 3.14. The van der Waals surface area contributed by atoms with Crippen LogP contribution in [0.4, 0.5) is 0 Å². The molecule has 0 atom stereocenters. The molecule has 0 saturated carbocycles. The summed E-state index contributed by atoms with van der Waals surface area (Å²) in [5.74, 6) is 0. The summed E-state index contributed by atoms with van der Waals surface area (Å²) in [5, 5.41) is 0.604. The SMILES string of the molecule is O=c1c(Br)c[nH]c2ncccc12. The zero-order chi connectivity index (χ0) is 8.55. The number of nitrogens with zero attached hydrogens (tertiary/aromatic N) is 1. The molecule has 2 aromatic rings. The van der Waals surface area contributed by atoms with E-state index >= 15 is 0 Å². The van der Waals surface area contributed by atoms with Gasteiger partial charge in [0.15, 0.2) is 0 Å². The Morgan fingerprint density at radius 2 is 2.33 bits per heavy atom. The van der Waals surface area contributed by atoms with Crippen molar-refractivity contribution in [3.63, 3.8) is 0 Å². The second kappa shape index (κ2) is 2.71. The molecule has 60 valence electrons. The average molecular weight is 225 g/mol.